The second-order valence-electron chi connectivity index (χ2n) is 7.27. The van der Waals surface area contributed by atoms with Gasteiger partial charge in [0.15, 0.2) is 0 Å². The van der Waals surface area contributed by atoms with Gasteiger partial charge in [-0.05, 0) is 30.4 Å². The first kappa shape index (κ1) is 17.7. The Hall–Kier alpha value is -2.66. The lowest BCUT2D eigenvalue weighted by Gasteiger charge is -2.43. The van der Waals surface area contributed by atoms with Gasteiger partial charge in [0.05, 0.1) is 19.1 Å². The van der Waals surface area contributed by atoms with Crippen LogP contribution < -0.4 is 0 Å². The first-order valence-corrected chi connectivity index (χ1v) is 9.66. The van der Waals surface area contributed by atoms with Crippen LogP contribution in [0.3, 0.4) is 0 Å². The van der Waals surface area contributed by atoms with Crippen molar-refractivity contribution in [2.75, 3.05) is 26.2 Å². The molecule has 0 bridgehead atoms. The molecule has 2 aromatic carbocycles. The van der Waals surface area contributed by atoms with Crippen molar-refractivity contribution in [1.82, 2.24) is 14.9 Å². The summed E-state index contributed by atoms with van der Waals surface area (Å²) in [5, 5.41) is 3.41. The molecule has 2 fully saturated rings. The van der Waals surface area contributed by atoms with Gasteiger partial charge in [0, 0.05) is 13.1 Å². The maximum atomic E-state index is 13.1. The van der Waals surface area contributed by atoms with Crippen LogP contribution >= 0.6 is 0 Å². The largest absolute Gasteiger partial charge is 0.285 e. The third-order valence-corrected chi connectivity index (χ3v) is 5.41. The average Bonchev–Trinajstić information content (AvgIpc) is 2.84. The van der Waals surface area contributed by atoms with Gasteiger partial charge in [0.25, 0.3) is 11.8 Å². The van der Waals surface area contributed by atoms with Gasteiger partial charge in [0.2, 0.25) is 0 Å². The van der Waals surface area contributed by atoms with Crippen molar-refractivity contribution >= 4 is 11.8 Å². The molecule has 2 aromatic rings. The van der Waals surface area contributed by atoms with E-state index in [2.05, 4.69) is 12.1 Å². The molecule has 27 heavy (non-hydrogen) atoms. The van der Waals surface area contributed by atoms with Crippen molar-refractivity contribution in [2.45, 2.75) is 25.3 Å². The van der Waals surface area contributed by atoms with Crippen LogP contribution in [0.4, 0.5) is 0 Å². The van der Waals surface area contributed by atoms with E-state index in [9.17, 15) is 9.59 Å². The summed E-state index contributed by atoms with van der Waals surface area (Å²) < 4.78 is 0. The van der Waals surface area contributed by atoms with Crippen molar-refractivity contribution in [3.05, 3.63) is 71.8 Å². The van der Waals surface area contributed by atoms with E-state index < -0.39 is 0 Å². The van der Waals surface area contributed by atoms with Gasteiger partial charge in [-0.1, -0.05) is 60.7 Å². The van der Waals surface area contributed by atoms with E-state index in [1.54, 1.807) is 10.0 Å². The molecule has 5 heteroatoms. The van der Waals surface area contributed by atoms with Crippen molar-refractivity contribution in [2.24, 2.45) is 0 Å². The number of hydrogen-bond acceptors (Lipinski definition) is 3. The minimum absolute atomic E-state index is 0.0162. The Morgan fingerprint density at radius 3 is 2.26 bits per heavy atom. The molecule has 2 saturated heterocycles. The van der Waals surface area contributed by atoms with Crippen LogP contribution in [0, 0.1) is 0 Å². The third-order valence-electron chi connectivity index (χ3n) is 5.41. The van der Waals surface area contributed by atoms with Gasteiger partial charge >= 0.3 is 0 Å². The number of benzene rings is 2. The highest BCUT2D eigenvalue weighted by molar-refractivity contribution is 5.87. The van der Waals surface area contributed by atoms with Gasteiger partial charge in [-0.3, -0.25) is 14.5 Å². The highest BCUT2D eigenvalue weighted by Crippen LogP contribution is 2.32. The van der Waals surface area contributed by atoms with Crippen LogP contribution in [0.5, 0.6) is 0 Å². The second-order valence-corrected chi connectivity index (χ2v) is 7.27. The van der Waals surface area contributed by atoms with E-state index in [0.717, 1.165) is 24.8 Å². The summed E-state index contributed by atoms with van der Waals surface area (Å²) >= 11 is 0. The SMILES string of the molecule is O=C1CN(CCc2ccccc2)CC(=O)N2C(c3ccccc3)CCCN12. The van der Waals surface area contributed by atoms with E-state index in [0.29, 0.717) is 26.2 Å². The van der Waals surface area contributed by atoms with Gasteiger partial charge in [-0.15, -0.1) is 0 Å². The normalized spacial score (nSPS) is 21.1. The Morgan fingerprint density at radius 2 is 1.52 bits per heavy atom. The summed E-state index contributed by atoms with van der Waals surface area (Å²) in [5.41, 5.74) is 2.32. The van der Waals surface area contributed by atoms with Crippen LogP contribution in [-0.2, 0) is 16.0 Å². The molecule has 5 nitrogen and oxygen atoms in total. The summed E-state index contributed by atoms with van der Waals surface area (Å²) in [6.45, 7) is 1.93. The maximum absolute atomic E-state index is 13.1. The Morgan fingerprint density at radius 1 is 0.852 bits per heavy atom. The number of amides is 2. The van der Waals surface area contributed by atoms with Crippen molar-refractivity contribution in [3.8, 4) is 0 Å². The molecule has 2 aliphatic heterocycles. The molecule has 0 radical (unpaired) electrons. The number of fused-ring (bicyclic) bond motifs is 1. The van der Waals surface area contributed by atoms with Gasteiger partial charge in [-0.2, -0.15) is 0 Å². The number of carbonyl (C=O) groups is 2. The van der Waals surface area contributed by atoms with Crippen molar-refractivity contribution < 1.29 is 9.59 Å². The Kier molecular flexibility index (Phi) is 5.21. The van der Waals surface area contributed by atoms with Gasteiger partial charge in [-0.25, -0.2) is 10.0 Å². The van der Waals surface area contributed by atoms with E-state index >= 15 is 0 Å². The smallest absolute Gasteiger partial charge is 0.255 e. The fraction of sp³-hybridized carbons (Fsp3) is 0.364. The molecule has 0 aromatic heterocycles. The van der Waals surface area contributed by atoms with E-state index in [1.165, 1.54) is 5.56 Å². The zero-order valence-corrected chi connectivity index (χ0v) is 15.5. The fourth-order valence-corrected chi connectivity index (χ4v) is 4.05. The summed E-state index contributed by atoms with van der Waals surface area (Å²) in [5.74, 6) is 0.0389. The molecule has 2 aliphatic rings. The summed E-state index contributed by atoms with van der Waals surface area (Å²) in [7, 11) is 0. The number of nitrogens with zero attached hydrogens (tertiary/aromatic N) is 3. The molecule has 2 heterocycles. The van der Waals surface area contributed by atoms with Gasteiger partial charge in [0.1, 0.15) is 0 Å². The zero-order chi connectivity index (χ0) is 18.6. The molecule has 1 atom stereocenters. The van der Waals surface area contributed by atoms with Crippen LogP contribution in [0.25, 0.3) is 0 Å². The Bertz CT molecular complexity index is 794. The quantitative estimate of drug-likeness (QED) is 0.839. The summed E-state index contributed by atoms with van der Waals surface area (Å²) in [4.78, 5) is 28.0. The predicted octanol–water partition coefficient (Wildman–Crippen LogP) is 2.65. The lowest BCUT2D eigenvalue weighted by atomic mass is 9.99. The van der Waals surface area contributed by atoms with Crippen LogP contribution in [-0.4, -0.2) is 52.9 Å². The molecule has 0 saturated carbocycles. The number of rotatable bonds is 4. The van der Waals surface area contributed by atoms with Crippen LogP contribution in [0.1, 0.15) is 30.0 Å². The van der Waals surface area contributed by atoms with Crippen molar-refractivity contribution in [1.29, 1.82) is 0 Å². The van der Waals surface area contributed by atoms with E-state index in [4.69, 9.17) is 0 Å². The number of hydrogen-bond donors (Lipinski definition) is 0. The molecule has 0 spiro atoms. The first-order chi connectivity index (χ1) is 13.2. The van der Waals surface area contributed by atoms with E-state index in [-0.39, 0.29) is 17.9 Å². The second kappa shape index (κ2) is 7.92. The number of hydrazine groups is 1. The molecular formula is C22H25N3O2. The molecular weight excluding hydrogens is 338 g/mol. The average molecular weight is 363 g/mol. The maximum Gasteiger partial charge on any atom is 0.255 e. The van der Waals surface area contributed by atoms with Crippen LogP contribution in [0.15, 0.2) is 60.7 Å². The molecule has 2 amide bonds. The minimum Gasteiger partial charge on any atom is -0.285 e. The third kappa shape index (κ3) is 3.88. The Labute approximate surface area is 160 Å². The lowest BCUT2D eigenvalue weighted by molar-refractivity contribution is -0.171. The zero-order valence-electron chi connectivity index (χ0n) is 15.5. The first-order valence-electron chi connectivity index (χ1n) is 9.66. The minimum atomic E-state index is -0.0505. The summed E-state index contributed by atoms with van der Waals surface area (Å²) in [6, 6.07) is 20.2. The van der Waals surface area contributed by atoms with E-state index in [1.807, 2.05) is 53.4 Å². The molecule has 140 valence electrons. The van der Waals surface area contributed by atoms with Crippen molar-refractivity contribution in [3.63, 3.8) is 0 Å². The lowest BCUT2D eigenvalue weighted by Crippen LogP contribution is -2.54. The molecule has 0 N–H and O–H groups in total. The highest BCUT2D eigenvalue weighted by Gasteiger charge is 2.39. The fourth-order valence-electron chi connectivity index (χ4n) is 4.05. The topological polar surface area (TPSA) is 43.9 Å². The predicted molar refractivity (Wildman–Crippen MR) is 104 cm³/mol. The highest BCUT2D eigenvalue weighted by atomic mass is 16.2. The van der Waals surface area contributed by atoms with Crippen LogP contribution in [0.2, 0.25) is 0 Å². The molecule has 4 rings (SSSR count). The number of carbonyl (C=O) groups excluding carboxylic acids is 2. The monoisotopic (exact) mass is 363 g/mol. The Balaban J connectivity index is 1.51. The molecule has 0 aliphatic carbocycles. The summed E-state index contributed by atoms with van der Waals surface area (Å²) in [6.07, 6.45) is 2.64. The molecule has 1 unspecified atom stereocenters. The standard InChI is InChI=1S/C22H25N3O2/c26-21-16-23(15-13-18-8-3-1-4-9-18)17-22(27)25-20(12-7-14-24(21)25)19-10-5-2-6-11-19/h1-6,8-11,20H,7,12-17H2. The van der Waals surface area contributed by atoms with Gasteiger partial charge < -0.3 is 0 Å².